The summed E-state index contributed by atoms with van der Waals surface area (Å²) in [7, 11) is 1.57. The third-order valence-electron chi connectivity index (χ3n) is 5.81. The van der Waals surface area contributed by atoms with Crippen LogP contribution < -0.4 is 19.7 Å². The van der Waals surface area contributed by atoms with Gasteiger partial charge in [0.05, 0.1) is 18.9 Å². The second-order valence-electron chi connectivity index (χ2n) is 8.60. The van der Waals surface area contributed by atoms with Crippen LogP contribution in [0.2, 0.25) is 0 Å². The molecule has 2 aromatic carbocycles. The molecule has 37 heavy (non-hydrogen) atoms. The second-order valence-corrected chi connectivity index (χ2v) is 8.60. The molecule has 3 aromatic rings. The number of rotatable bonds is 4. The Balaban J connectivity index is 1.29. The first-order chi connectivity index (χ1) is 17.8. The fourth-order valence-corrected chi connectivity index (χ4v) is 3.72. The highest BCUT2D eigenvalue weighted by atomic mass is 19.1. The van der Waals surface area contributed by atoms with Crippen molar-refractivity contribution >= 4 is 17.5 Å². The summed E-state index contributed by atoms with van der Waals surface area (Å²) >= 11 is 0. The molecule has 2 amide bonds. The minimum Gasteiger partial charge on any atom is -0.489 e. The van der Waals surface area contributed by atoms with Crippen LogP contribution in [0.4, 0.5) is 10.1 Å². The zero-order chi connectivity index (χ0) is 26.0. The Labute approximate surface area is 211 Å². The molecule has 5 rings (SSSR count). The number of ether oxygens (including phenoxy) is 3. The van der Waals surface area contributed by atoms with Gasteiger partial charge >= 0.3 is 0 Å². The van der Waals surface area contributed by atoms with E-state index < -0.39 is 29.3 Å². The average Bonchev–Trinajstić information content (AvgIpc) is 3.00. The van der Waals surface area contributed by atoms with E-state index in [1.807, 2.05) is 0 Å². The maximum atomic E-state index is 13.9. The van der Waals surface area contributed by atoms with Gasteiger partial charge in [0, 0.05) is 24.9 Å². The van der Waals surface area contributed by atoms with E-state index in [4.69, 9.17) is 14.2 Å². The summed E-state index contributed by atoms with van der Waals surface area (Å²) in [6.45, 7) is 0.206. The molecule has 1 saturated heterocycles. The van der Waals surface area contributed by atoms with Crippen LogP contribution in [0.25, 0.3) is 0 Å². The van der Waals surface area contributed by atoms with E-state index in [9.17, 15) is 19.1 Å². The third kappa shape index (κ3) is 5.23. The third-order valence-corrected chi connectivity index (χ3v) is 5.81. The van der Waals surface area contributed by atoms with E-state index in [1.165, 1.54) is 41.4 Å². The minimum absolute atomic E-state index is 0.00558. The Morgan fingerprint density at radius 3 is 2.81 bits per heavy atom. The lowest BCUT2D eigenvalue weighted by atomic mass is 10.0. The van der Waals surface area contributed by atoms with Crippen LogP contribution >= 0.6 is 0 Å². The lowest BCUT2D eigenvalue weighted by molar-refractivity contribution is -0.140. The molecule has 10 heteroatoms. The first-order valence-electron chi connectivity index (χ1n) is 11.4. The van der Waals surface area contributed by atoms with Crippen LogP contribution in [0.15, 0.2) is 60.8 Å². The van der Waals surface area contributed by atoms with Crippen LogP contribution in [-0.4, -0.2) is 60.4 Å². The van der Waals surface area contributed by atoms with Gasteiger partial charge in [0.1, 0.15) is 29.8 Å². The SMILES string of the molecule is CN1C(=O)[C@@H](NC(=O)c2cc(Oc3ccccc3F)ccn2)COc2ccc(C#CC3(O)COC3)cc21. The number of hydrogen-bond donors (Lipinski definition) is 2. The topological polar surface area (TPSA) is 110 Å². The molecule has 1 aromatic heterocycles. The van der Waals surface area contributed by atoms with E-state index >= 15 is 0 Å². The Kier molecular flexibility index (Phi) is 6.48. The van der Waals surface area contributed by atoms with Crippen LogP contribution in [0.1, 0.15) is 16.1 Å². The van der Waals surface area contributed by atoms with Crippen molar-refractivity contribution in [1.82, 2.24) is 10.3 Å². The molecule has 188 valence electrons. The summed E-state index contributed by atoms with van der Waals surface area (Å²) in [5, 5.41) is 12.8. The van der Waals surface area contributed by atoms with Crippen molar-refractivity contribution in [3.8, 4) is 29.1 Å². The van der Waals surface area contributed by atoms with Gasteiger partial charge in [-0.25, -0.2) is 4.39 Å². The quantitative estimate of drug-likeness (QED) is 0.526. The molecule has 2 N–H and O–H groups in total. The highest BCUT2D eigenvalue weighted by Crippen LogP contribution is 2.32. The number of benzene rings is 2. The molecule has 2 aliphatic heterocycles. The monoisotopic (exact) mass is 503 g/mol. The number of aromatic nitrogens is 1. The molecule has 0 saturated carbocycles. The summed E-state index contributed by atoms with van der Waals surface area (Å²) in [4.78, 5) is 31.5. The van der Waals surface area contributed by atoms with Gasteiger partial charge in [-0.1, -0.05) is 24.0 Å². The van der Waals surface area contributed by atoms with Crippen LogP contribution in [0.5, 0.6) is 17.2 Å². The van der Waals surface area contributed by atoms with Gasteiger partial charge in [0.2, 0.25) is 0 Å². The number of likely N-dealkylation sites (N-methyl/N-ethyl adjacent to an activating group) is 1. The van der Waals surface area contributed by atoms with Crippen molar-refractivity contribution in [2.45, 2.75) is 11.6 Å². The number of carbonyl (C=O) groups is 2. The van der Waals surface area contributed by atoms with E-state index in [1.54, 1.807) is 31.3 Å². The van der Waals surface area contributed by atoms with Gasteiger partial charge in [-0.05, 0) is 36.4 Å². The molecular formula is C27H22FN3O6. The molecule has 1 atom stereocenters. The van der Waals surface area contributed by atoms with Gasteiger partial charge in [-0.15, -0.1) is 0 Å². The Bertz CT molecular complexity index is 1430. The fourth-order valence-electron chi connectivity index (χ4n) is 3.72. The molecule has 2 aliphatic rings. The highest BCUT2D eigenvalue weighted by Gasteiger charge is 2.34. The molecule has 9 nitrogen and oxygen atoms in total. The van der Waals surface area contributed by atoms with Crippen molar-refractivity contribution in [3.05, 3.63) is 77.9 Å². The van der Waals surface area contributed by atoms with Crippen molar-refractivity contribution in [2.75, 3.05) is 31.8 Å². The van der Waals surface area contributed by atoms with Crippen molar-refractivity contribution in [2.24, 2.45) is 0 Å². The number of pyridine rings is 1. The van der Waals surface area contributed by atoms with Gasteiger partial charge in [0.25, 0.3) is 11.8 Å². The number of halogens is 1. The average molecular weight is 503 g/mol. The lowest BCUT2D eigenvalue weighted by Crippen LogP contribution is -2.49. The molecule has 0 bridgehead atoms. The Morgan fingerprint density at radius 2 is 2.05 bits per heavy atom. The predicted molar refractivity (Wildman–Crippen MR) is 130 cm³/mol. The minimum atomic E-state index is -1.16. The Morgan fingerprint density at radius 1 is 1.24 bits per heavy atom. The number of carbonyl (C=O) groups excluding carboxylic acids is 2. The summed E-state index contributed by atoms with van der Waals surface area (Å²) in [5.74, 6) is 4.77. The first-order valence-corrected chi connectivity index (χ1v) is 11.4. The van der Waals surface area contributed by atoms with Crippen molar-refractivity contribution < 1.29 is 33.3 Å². The smallest absolute Gasteiger partial charge is 0.270 e. The zero-order valence-corrected chi connectivity index (χ0v) is 19.7. The summed E-state index contributed by atoms with van der Waals surface area (Å²) < 4.78 is 30.2. The standard InChI is InChI=1S/C27H22FN3O6/c1-31-22-12-17(8-10-27(34)15-35-16-27)6-7-24(22)36-14-21(26(31)33)30-25(32)20-13-18(9-11-29-20)37-23-5-3-2-4-19(23)28/h2-7,9,11-13,21,34H,14-16H2,1H3,(H,30,32)/t21-/m0/s1. The van der Waals surface area contributed by atoms with Gasteiger partial charge < -0.3 is 29.5 Å². The van der Waals surface area contributed by atoms with Crippen LogP contribution in [0.3, 0.4) is 0 Å². The maximum Gasteiger partial charge on any atom is 0.270 e. The van der Waals surface area contributed by atoms with Crippen LogP contribution in [0, 0.1) is 17.7 Å². The van der Waals surface area contributed by atoms with Gasteiger partial charge in [0.15, 0.2) is 17.2 Å². The number of nitrogens with zero attached hydrogens (tertiary/aromatic N) is 2. The van der Waals surface area contributed by atoms with Crippen molar-refractivity contribution in [3.63, 3.8) is 0 Å². The molecule has 0 spiro atoms. The number of fused-ring (bicyclic) bond motifs is 1. The number of aliphatic hydroxyl groups is 1. The molecule has 1 fully saturated rings. The van der Waals surface area contributed by atoms with Crippen LogP contribution in [-0.2, 0) is 9.53 Å². The summed E-state index contributed by atoms with van der Waals surface area (Å²) in [5.41, 5.74) is -0.113. The predicted octanol–water partition coefficient (Wildman–Crippen LogP) is 2.28. The zero-order valence-electron chi connectivity index (χ0n) is 19.7. The molecular weight excluding hydrogens is 481 g/mol. The summed E-state index contributed by atoms with van der Waals surface area (Å²) in [6, 6.07) is 12.8. The van der Waals surface area contributed by atoms with E-state index in [0.29, 0.717) is 17.0 Å². The van der Waals surface area contributed by atoms with E-state index in [0.717, 1.165) is 0 Å². The Hall–Kier alpha value is -4.46. The molecule has 0 aliphatic carbocycles. The maximum absolute atomic E-state index is 13.9. The lowest BCUT2D eigenvalue weighted by Gasteiger charge is -2.30. The van der Waals surface area contributed by atoms with E-state index in [2.05, 4.69) is 22.1 Å². The first kappa shape index (κ1) is 24.2. The second kappa shape index (κ2) is 9.89. The molecule has 0 unspecified atom stereocenters. The van der Waals surface area contributed by atoms with Crippen molar-refractivity contribution in [1.29, 1.82) is 0 Å². The van der Waals surface area contributed by atoms with Gasteiger partial charge in [-0.2, -0.15) is 0 Å². The summed E-state index contributed by atoms with van der Waals surface area (Å²) in [6.07, 6.45) is 1.35. The normalized spacial score (nSPS) is 17.8. The van der Waals surface area contributed by atoms with Gasteiger partial charge in [-0.3, -0.25) is 14.6 Å². The molecule has 3 heterocycles. The van der Waals surface area contributed by atoms with E-state index in [-0.39, 0.29) is 37.0 Å². The number of hydrogen-bond acceptors (Lipinski definition) is 7. The fraction of sp³-hybridized carbons (Fsp3) is 0.222. The number of para-hydroxylation sites is 1. The number of amides is 2. The largest absolute Gasteiger partial charge is 0.489 e. The number of anilines is 1. The number of nitrogens with one attached hydrogen (secondary N) is 1. The molecule has 0 radical (unpaired) electrons. The highest BCUT2D eigenvalue weighted by molar-refractivity contribution is 6.03.